The molecule has 25 heavy (non-hydrogen) atoms. The molecule has 2 atom stereocenters. The first kappa shape index (κ1) is 19.5. The Morgan fingerprint density at radius 3 is 2.80 bits per heavy atom. The van der Waals surface area contributed by atoms with Crippen molar-refractivity contribution in [2.24, 2.45) is 11.7 Å². The maximum Gasteiger partial charge on any atom is 0.223 e. The molecule has 5 nitrogen and oxygen atoms in total. The Labute approximate surface area is 155 Å². The SMILES string of the molecule is CC1CCN(C(=O)CCc2cnn(-c3ccccc3)c2)C(CN)C1.Cl. The van der Waals surface area contributed by atoms with E-state index in [1.54, 1.807) is 0 Å². The topological polar surface area (TPSA) is 64.2 Å². The number of aryl methyl sites for hydroxylation is 1. The monoisotopic (exact) mass is 362 g/mol. The van der Waals surface area contributed by atoms with Crippen LogP contribution >= 0.6 is 12.4 Å². The number of carbonyl (C=O) groups is 1. The van der Waals surface area contributed by atoms with E-state index in [0.29, 0.717) is 18.9 Å². The Morgan fingerprint density at radius 2 is 2.08 bits per heavy atom. The summed E-state index contributed by atoms with van der Waals surface area (Å²) in [7, 11) is 0. The van der Waals surface area contributed by atoms with E-state index in [1.165, 1.54) is 0 Å². The zero-order valence-corrected chi connectivity index (χ0v) is 15.5. The van der Waals surface area contributed by atoms with Crippen molar-refractivity contribution in [1.82, 2.24) is 14.7 Å². The molecule has 2 unspecified atom stereocenters. The first-order valence-electron chi connectivity index (χ1n) is 8.76. The summed E-state index contributed by atoms with van der Waals surface area (Å²) in [6, 6.07) is 10.2. The van der Waals surface area contributed by atoms with Gasteiger partial charge in [0.15, 0.2) is 0 Å². The van der Waals surface area contributed by atoms with Crippen molar-refractivity contribution in [3.8, 4) is 5.69 Å². The van der Waals surface area contributed by atoms with Gasteiger partial charge in [-0.3, -0.25) is 4.79 Å². The summed E-state index contributed by atoms with van der Waals surface area (Å²) in [6.45, 7) is 3.63. The summed E-state index contributed by atoms with van der Waals surface area (Å²) in [5.74, 6) is 0.872. The molecular formula is C19H27ClN4O. The number of likely N-dealkylation sites (tertiary alicyclic amines) is 1. The zero-order chi connectivity index (χ0) is 16.9. The Bertz CT molecular complexity index is 673. The summed E-state index contributed by atoms with van der Waals surface area (Å²) in [4.78, 5) is 14.6. The third-order valence-electron chi connectivity index (χ3n) is 4.85. The summed E-state index contributed by atoms with van der Waals surface area (Å²) >= 11 is 0. The van der Waals surface area contributed by atoms with Crippen molar-refractivity contribution in [1.29, 1.82) is 0 Å². The Balaban J connectivity index is 0.00000225. The number of nitrogens with two attached hydrogens (primary N) is 1. The van der Waals surface area contributed by atoms with Crippen LogP contribution in [0.1, 0.15) is 31.7 Å². The summed E-state index contributed by atoms with van der Waals surface area (Å²) in [6.07, 6.45) is 7.18. The Hall–Kier alpha value is -1.85. The van der Waals surface area contributed by atoms with E-state index in [2.05, 4.69) is 12.0 Å². The van der Waals surface area contributed by atoms with Gasteiger partial charge in [-0.15, -0.1) is 12.4 Å². The second-order valence-electron chi connectivity index (χ2n) is 6.73. The maximum absolute atomic E-state index is 12.6. The zero-order valence-electron chi connectivity index (χ0n) is 14.7. The lowest BCUT2D eigenvalue weighted by Crippen LogP contribution is -2.49. The van der Waals surface area contributed by atoms with Crippen molar-refractivity contribution in [3.63, 3.8) is 0 Å². The normalized spacial score (nSPS) is 20.2. The van der Waals surface area contributed by atoms with Gasteiger partial charge in [-0.2, -0.15) is 5.10 Å². The molecule has 2 heterocycles. The number of carbonyl (C=O) groups excluding carboxylic acids is 1. The molecule has 0 spiro atoms. The van der Waals surface area contributed by atoms with Crippen LogP contribution in [0.25, 0.3) is 5.69 Å². The molecule has 136 valence electrons. The number of halogens is 1. The number of piperidine rings is 1. The quantitative estimate of drug-likeness (QED) is 0.889. The van der Waals surface area contributed by atoms with Gasteiger partial charge in [-0.25, -0.2) is 4.68 Å². The van der Waals surface area contributed by atoms with Crippen LogP contribution in [0.5, 0.6) is 0 Å². The second-order valence-corrected chi connectivity index (χ2v) is 6.73. The first-order chi connectivity index (χ1) is 11.7. The van der Waals surface area contributed by atoms with E-state index in [0.717, 1.165) is 37.1 Å². The fourth-order valence-corrected chi connectivity index (χ4v) is 3.41. The lowest BCUT2D eigenvalue weighted by molar-refractivity contribution is -0.135. The molecule has 2 N–H and O–H groups in total. The molecule has 0 bridgehead atoms. The molecule has 3 rings (SSSR count). The van der Waals surface area contributed by atoms with E-state index in [-0.39, 0.29) is 24.4 Å². The lowest BCUT2D eigenvalue weighted by atomic mass is 9.92. The van der Waals surface area contributed by atoms with E-state index >= 15 is 0 Å². The Kier molecular flexibility index (Phi) is 7.02. The number of hydrogen-bond acceptors (Lipinski definition) is 3. The van der Waals surface area contributed by atoms with Crippen LogP contribution in [0.2, 0.25) is 0 Å². The van der Waals surface area contributed by atoms with Crippen LogP contribution in [0.3, 0.4) is 0 Å². The highest BCUT2D eigenvalue weighted by Crippen LogP contribution is 2.23. The number of nitrogens with zero attached hydrogens (tertiary/aromatic N) is 3. The predicted octanol–water partition coefficient (Wildman–Crippen LogP) is 2.81. The molecule has 6 heteroatoms. The van der Waals surface area contributed by atoms with Crippen molar-refractivity contribution in [2.75, 3.05) is 13.1 Å². The first-order valence-corrected chi connectivity index (χ1v) is 8.76. The van der Waals surface area contributed by atoms with Gasteiger partial charge in [0.2, 0.25) is 5.91 Å². The van der Waals surface area contributed by atoms with E-state index < -0.39 is 0 Å². The average Bonchev–Trinajstić information content (AvgIpc) is 3.09. The molecule has 1 aromatic heterocycles. The summed E-state index contributed by atoms with van der Waals surface area (Å²) < 4.78 is 1.85. The van der Waals surface area contributed by atoms with Gasteiger partial charge in [0.05, 0.1) is 11.9 Å². The minimum absolute atomic E-state index is 0. The summed E-state index contributed by atoms with van der Waals surface area (Å²) in [5, 5.41) is 4.39. The van der Waals surface area contributed by atoms with Crippen LogP contribution in [-0.4, -0.2) is 39.7 Å². The van der Waals surface area contributed by atoms with Gasteiger partial charge in [-0.1, -0.05) is 25.1 Å². The number of rotatable bonds is 5. The fraction of sp³-hybridized carbons (Fsp3) is 0.474. The largest absolute Gasteiger partial charge is 0.338 e. The van der Waals surface area contributed by atoms with Crippen LogP contribution in [0.4, 0.5) is 0 Å². The second kappa shape index (κ2) is 9.02. The molecule has 1 aliphatic rings. The van der Waals surface area contributed by atoms with Gasteiger partial charge in [0.25, 0.3) is 0 Å². The summed E-state index contributed by atoms with van der Waals surface area (Å²) in [5.41, 5.74) is 7.98. The molecule has 1 aromatic carbocycles. The predicted molar refractivity (Wildman–Crippen MR) is 102 cm³/mol. The number of benzene rings is 1. The molecule has 0 aliphatic carbocycles. The molecule has 1 aliphatic heterocycles. The molecule has 0 radical (unpaired) electrons. The minimum atomic E-state index is 0. The number of para-hydroxylation sites is 1. The highest BCUT2D eigenvalue weighted by molar-refractivity contribution is 5.85. The van der Waals surface area contributed by atoms with Gasteiger partial charge in [0.1, 0.15) is 0 Å². The van der Waals surface area contributed by atoms with Crippen molar-refractivity contribution >= 4 is 18.3 Å². The third kappa shape index (κ3) is 4.83. The smallest absolute Gasteiger partial charge is 0.223 e. The van der Waals surface area contributed by atoms with E-state index in [1.807, 2.05) is 52.3 Å². The maximum atomic E-state index is 12.6. The third-order valence-corrected chi connectivity index (χ3v) is 4.85. The lowest BCUT2D eigenvalue weighted by Gasteiger charge is -2.38. The standard InChI is InChI=1S/C19H26N4O.ClH/c1-15-9-10-22(18(11-15)12-20)19(24)8-7-16-13-21-23(14-16)17-5-3-2-4-6-17;/h2-6,13-15,18H,7-12,20H2,1H3;1H. The number of hydrogen-bond donors (Lipinski definition) is 1. The van der Waals surface area contributed by atoms with E-state index in [9.17, 15) is 4.79 Å². The molecule has 1 saturated heterocycles. The Morgan fingerprint density at radius 1 is 1.32 bits per heavy atom. The molecule has 1 fully saturated rings. The van der Waals surface area contributed by atoms with E-state index in [4.69, 9.17) is 5.73 Å². The van der Waals surface area contributed by atoms with Crippen LogP contribution in [0, 0.1) is 5.92 Å². The number of aromatic nitrogens is 2. The van der Waals surface area contributed by atoms with Crippen molar-refractivity contribution < 1.29 is 4.79 Å². The van der Waals surface area contributed by atoms with Crippen molar-refractivity contribution in [3.05, 3.63) is 48.3 Å². The highest BCUT2D eigenvalue weighted by Gasteiger charge is 2.28. The fourth-order valence-electron chi connectivity index (χ4n) is 3.41. The van der Waals surface area contributed by atoms with Crippen LogP contribution in [-0.2, 0) is 11.2 Å². The highest BCUT2D eigenvalue weighted by atomic mass is 35.5. The van der Waals surface area contributed by atoms with Crippen LogP contribution in [0.15, 0.2) is 42.7 Å². The number of amides is 1. The average molecular weight is 363 g/mol. The molecule has 2 aromatic rings. The minimum Gasteiger partial charge on any atom is -0.338 e. The van der Waals surface area contributed by atoms with Crippen LogP contribution < -0.4 is 5.73 Å². The van der Waals surface area contributed by atoms with Gasteiger partial charge in [-0.05, 0) is 42.9 Å². The van der Waals surface area contributed by atoms with Crippen molar-refractivity contribution in [2.45, 2.75) is 38.6 Å². The molecule has 0 saturated carbocycles. The van der Waals surface area contributed by atoms with Gasteiger partial charge in [0, 0.05) is 31.7 Å². The molecule has 1 amide bonds. The van der Waals surface area contributed by atoms with Gasteiger partial charge < -0.3 is 10.6 Å². The molecular weight excluding hydrogens is 336 g/mol. The van der Waals surface area contributed by atoms with Gasteiger partial charge >= 0.3 is 0 Å².